The number of sulfonamides is 1. The van der Waals surface area contributed by atoms with Crippen LogP contribution in [0.2, 0.25) is 0 Å². The van der Waals surface area contributed by atoms with Crippen molar-refractivity contribution in [2.75, 3.05) is 11.9 Å². The van der Waals surface area contributed by atoms with Crippen LogP contribution in [-0.4, -0.2) is 31.2 Å². The predicted octanol–water partition coefficient (Wildman–Crippen LogP) is 2.62. The van der Waals surface area contributed by atoms with E-state index in [2.05, 4.69) is 5.32 Å². The fraction of sp³-hybridized carbons (Fsp3) is 0.235. The Morgan fingerprint density at radius 1 is 1.08 bits per heavy atom. The number of para-hydroxylation sites is 1. The van der Waals surface area contributed by atoms with E-state index in [1.807, 2.05) is 6.07 Å². The van der Waals surface area contributed by atoms with Gasteiger partial charge in [-0.3, -0.25) is 4.79 Å². The number of hydrogen-bond acceptors (Lipinski definition) is 3. The third-order valence-corrected chi connectivity index (χ3v) is 5.89. The maximum Gasteiger partial charge on any atom is 0.243 e. The fourth-order valence-corrected chi connectivity index (χ4v) is 4.44. The highest BCUT2D eigenvalue weighted by Crippen LogP contribution is 2.27. The first-order valence-corrected chi connectivity index (χ1v) is 9.06. The van der Waals surface area contributed by atoms with Crippen LogP contribution < -0.4 is 5.32 Å². The standard InChI is InChI=1S/C17H17FN2O3S/c18-13-8-10-15(11-9-13)24(22,23)20-12-4-7-16(20)17(21)19-14-5-2-1-3-6-14/h1-3,5-6,8-11,16H,4,7,12H2,(H,19,21)/t16-/m1/s1. The second-order valence-corrected chi connectivity index (χ2v) is 7.47. The van der Waals surface area contributed by atoms with Crippen molar-refractivity contribution in [1.82, 2.24) is 4.31 Å². The first-order valence-electron chi connectivity index (χ1n) is 7.62. The second-order valence-electron chi connectivity index (χ2n) is 5.58. The van der Waals surface area contributed by atoms with E-state index in [4.69, 9.17) is 0 Å². The van der Waals surface area contributed by atoms with Crippen LogP contribution in [0.5, 0.6) is 0 Å². The minimum atomic E-state index is -3.84. The van der Waals surface area contributed by atoms with E-state index in [9.17, 15) is 17.6 Å². The maximum absolute atomic E-state index is 13.0. The first kappa shape index (κ1) is 16.6. The minimum Gasteiger partial charge on any atom is -0.325 e. The Morgan fingerprint density at radius 3 is 2.42 bits per heavy atom. The summed E-state index contributed by atoms with van der Waals surface area (Å²) in [6.07, 6.45) is 1.06. The lowest BCUT2D eigenvalue weighted by Gasteiger charge is -2.23. The van der Waals surface area contributed by atoms with Gasteiger partial charge in [0.15, 0.2) is 0 Å². The normalized spacial score (nSPS) is 18.5. The molecule has 1 aliphatic heterocycles. The Morgan fingerprint density at radius 2 is 1.75 bits per heavy atom. The van der Waals surface area contributed by atoms with E-state index in [-0.39, 0.29) is 17.3 Å². The third kappa shape index (κ3) is 3.32. The Hall–Kier alpha value is -2.25. The average molecular weight is 348 g/mol. The van der Waals surface area contributed by atoms with Gasteiger partial charge in [0, 0.05) is 12.2 Å². The van der Waals surface area contributed by atoms with Crippen LogP contribution in [0.4, 0.5) is 10.1 Å². The molecule has 2 aromatic rings. The zero-order valence-corrected chi connectivity index (χ0v) is 13.7. The number of amides is 1. The first-order chi connectivity index (χ1) is 11.5. The van der Waals surface area contributed by atoms with Gasteiger partial charge in [-0.05, 0) is 49.2 Å². The van der Waals surface area contributed by atoms with Crippen LogP contribution in [-0.2, 0) is 14.8 Å². The molecule has 5 nitrogen and oxygen atoms in total. The maximum atomic E-state index is 13.0. The van der Waals surface area contributed by atoms with Gasteiger partial charge in [-0.1, -0.05) is 18.2 Å². The zero-order valence-electron chi connectivity index (χ0n) is 12.9. The van der Waals surface area contributed by atoms with Gasteiger partial charge in [0.1, 0.15) is 11.9 Å². The monoisotopic (exact) mass is 348 g/mol. The van der Waals surface area contributed by atoms with Crippen molar-refractivity contribution >= 4 is 21.6 Å². The summed E-state index contributed by atoms with van der Waals surface area (Å²) in [7, 11) is -3.84. The van der Waals surface area contributed by atoms with Gasteiger partial charge in [-0.2, -0.15) is 4.31 Å². The summed E-state index contributed by atoms with van der Waals surface area (Å²) >= 11 is 0. The lowest BCUT2D eigenvalue weighted by Crippen LogP contribution is -2.43. The minimum absolute atomic E-state index is 0.0108. The van der Waals surface area contributed by atoms with Crippen LogP contribution >= 0.6 is 0 Å². The number of anilines is 1. The third-order valence-electron chi connectivity index (χ3n) is 3.97. The summed E-state index contributed by atoms with van der Waals surface area (Å²) in [5, 5.41) is 2.74. The molecular formula is C17H17FN2O3S. The van der Waals surface area contributed by atoms with E-state index in [0.717, 1.165) is 12.1 Å². The number of nitrogens with one attached hydrogen (secondary N) is 1. The predicted molar refractivity (Wildman–Crippen MR) is 88.4 cm³/mol. The molecule has 1 amide bonds. The molecule has 0 saturated carbocycles. The van der Waals surface area contributed by atoms with Gasteiger partial charge >= 0.3 is 0 Å². The van der Waals surface area contributed by atoms with Gasteiger partial charge in [0.05, 0.1) is 4.90 Å². The summed E-state index contributed by atoms with van der Waals surface area (Å²) in [5.41, 5.74) is 0.619. The number of nitrogens with zero attached hydrogens (tertiary/aromatic N) is 1. The Labute approximate surface area is 140 Å². The highest BCUT2D eigenvalue weighted by atomic mass is 32.2. The zero-order chi connectivity index (χ0) is 17.2. The molecular weight excluding hydrogens is 331 g/mol. The molecule has 2 aromatic carbocycles. The Kier molecular flexibility index (Phi) is 4.64. The molecule has 1 atom stereocenters. The molecule has 7 heteroatoms. The topological polar surface area (TPSA) is 66.5 Å². The van der Waals surface area contributed by atoms with E-state index < -0.39 is 21.9 Å². The van der Waals surface area contributed by atoms with Crippen LogP contribution in [0.15, 0.2) is 59.5 Å². The summed E-state index contributed by atoms with van der Waals surface area (Å²) in [4.78, 5) is 12.5. The molecule has 1 fully saturated rings. The van der Waals surface area contributed by atoms with Crippen LogP contribution in [0, 0.1) is 5.82 Å². The van der Waals surface area contributed by atoms with Gasteiger partial charge in [0.25, 0.3) is 0 Å². The lowest BCUT2D eigenvalue weighted by atomic mass is 10.2. The Bertz CT molecular complexity index is 823. The fourth-order valence-electron chi connectivity index (χ4n) is 2.78. The summed E-state index contributed by atoms with van der Waals surface area (Å²) in [5.74, 6) is -0.863. The quantitative estimate of drug-likeness (QED) is 0.924. The molecule has 24 heavy (non-hydrogen) atoms. The molecule has 0 bridgehead atoms. The van der Waals surface area contributed by atoms with Crippen molar-refractivity contribution in [3.05, 3.63) is 60.4 Å². The molecule has 3 rings (SSSR count). The number of carbonyl (C=O) groups is 1. The van der Waals surface area contributed by atoms with Gasteiger partial charge in [-0.25, -0.2) is 12.8 Å². The highest BCUT2D eigenvalue weighted by Gasteiger charge is 2.39. The molecule has 0 aliphatic carbocycles. The lowest BCUT2D eigenvalue weighted by molar-refractivity contribution is -0.119. The smallest absolute Gasteiger partial charge is 0.243 e. The average Bonchev–Trinajstić information content (AvgIpc) is 3.07. The van der Waals surface area contributed by atoms with E-state index in [1.165, 1.54) is 16.4 Å². The molecule has 0 spiro atoms. The molecule has 0 radical (unpaired) electrons. The molecule has 1 saturated heterocycles. The number of rotatable bonds is 4. The number of hydrogen-bond donors (Lipinski definition) is 1. The molecule has 1 aliphatic rings. The van der Waals surface area contributed by atoms with Gasteiger partial charge < -0.3 is 5.32 Å². The number of carbonyl (C=O) groups excluding carboxylic acids is 1. The van der Waals surface area contributed by atoms with Crippen molar-refractivity contribution < 1.29 is 17.6 Å². The van der Waals surface area contributed by atoms with E-state index in [1.54, 1.807) is 24.3 Å². The van der Waals surface area contributed by atoms with Crippen LogP contribution in [0.25, 0.3) is 0 Å². The van der Waals surface area contributed by atoms with Crippen molar-refractivity contribution in [3.8, 4) is 0 Å². The van der Waals surface area contributed by atoms with Crippen molar-refractivity contribution in [1.29, 1.82) is 0 Å². The molecule has 0 unspecified atom stereocenters. The van der Waals surface area contributed by atoms with Gasteiger partial charge in [0.2, 0.25) is 15.9 Å². The van der Waals surface area contributed by atoms with Crippen molar-refractivity contribution in [2.24, 2.45) is 0 Å². The van der Waals surface area contributed by atoms with E-state index in [0.29, 0.717) is 18.5 Å². The molecule has 1 N–H and O–H groups in total. The summed E-state index contributed by atoms with van der Waals surface area (Å²) in [6.45, 7) is 0.270. The van der Waals surface area contributed by atoms with E-state index >= 15 is 0 Å². The van der Waals surface area contributed by atoms with Crippen LogP contribution in [0.3, 0.4) is 0 Å². The SMILES string of the molecule is O=C(Nc1ccccc1)[C@H]1CCCN1S(=O)(=O)c1ccc(F)cc1. The molecule has 1 heterocycles. The highest BCUT2D eigenvalue weighted by molar-refractivity contribution is 7.89. The summed E-state index contributed by atoms with van der Waals surface area (Å²) in [6, 6.07) is 12.8. The Balaban J connectivity index is 1.82. The van der Waals surface area contributed by atoms with Crippen molar-refractivity contribution in [2.45, 2.75) is 23.8 Å². The summed E-state index contributed by atoms with van der Waals surface area (Å²) < 4.78 is 39.7. The second kappa shape index (κ2) is 6.70. The van der Waals surface area contributed by atoms with Crippen LogP contribution in [0.1, 0.15) is 12.8 Å². The van der Waals surface area contributed by atoms with Gasteiger partial charge in [-0.15, -0.1) is 0 Å². The number of halogens is 1. The molecule has 126 valence electrons. The molecule has 0 aromatic heterocycles. The largest absolute Gasteiger partial charge is 0.325 e. The number of benzene rings is 2. The van der Waals surface area contributed by atoms with Crippen molar-refractivity contribution in [3.63, 3.8) is 0 Å².